The Balaban J connectivity index is 2.23. The van der Waals surface area contributed by atoms with E-state index in [1.54, 1.807) is 24.3 Å². The van der Waals surface area contributed by atoms with E-state index in [4.69, 9.17) is 22.6 Å². The van der Waals surface area contributed by atoms with Gasteiger partial charge in [-0.3, -0.25) is 0 Å². The zero-order valence-electron chi connectivity index (χ0n) is 10.9. The van der Waals surface area contributed by atoms with Gasteiger partial charge < -0.3 is 5.73 Å². The first kappa shape index (κ1) is 15.3. The topological polar surface area (TPSA) is 96.0 Å². The van der Waals surface area contributed by atoms with Gasteiger partial charge in [0.25, 0.3) is 0 Å². The lowest BCUT2D eigenvalue weighted by Gasteiger charge is -2.09. The lowest BCUT2D eigenvalue weighted by molar-refractivity contribution is 0.581. The number of nitrogens with one attached hydrogen (secondary N) is 1. The summed E-state index contributed by atoms with van der Waals surface area (Å²) in [5, 5.41) is 8.90. The third-order valence-corrected chi connectivity index (χ3v) is 4.68. The predicted molar refractivity (Wildman–Crippen MR) is 81.0 cm³/mol. The predicted octanol–water partition coefficient (Wildman–Crippen LogP) is 2.27. The van der Waals surface area contributed by atoms with E-state index in [2.05, 4.69) is 4.72 Å². The van der Waals surface area contributed by atoms with Crippen LogP contribution in [0.5, 0.6) is 0 Å². The fourth-order valence-electron chi connectivity index (χ4n) is 1.67. The molecule has 2 aromatic carbocycles. The highest BCUT2D eigenvalue weighted by molar-refractivity contribution is 7.89. The molecular weight excluding hydrogens is 310 g/mol. The van der Waals surface area contributed by atoms with Crippen LogP contribution in [0.4, 0.5) is 5.69 Å². The molecule has 0 radical (unpaired) electrons. The van der Waals surface area contributed by atoms with Crippen molar-refractivity contribution in [3.63, 3.8) is 0 Å². The Bertz CT molecular complexity index is 796. The Morgan fingerprint density at radius 3 is 2.48 bits per heavy atom. The normalized spacial score (nSPS) is 11.0. The van der Waals surface area contributed by atoms with Gasteiger partial charge in [-0.25, -0.2) is 13.1 Å². The minimum Gasteiger partial charge on any atom is -0.399 e. The van der Waals surface area contributed by atoms with Gasteiger partial charge in [0, 0.05) is 12.2 Å². The SMILES string of the molecule is N#Cc1ccc(Cl)c(S(=O)(=O)NCc2ccc(N)cc2)c1. The van der Waals surface area contributed by atoms with Crippen LogP contribution in [0.25, 0.3) is 0 Å². The number of nitrogens with two attached hydrogens (primary N) is 1. The van der Waals surface area contributed by atoms with Gasteiger partial charge in [0.2, 0.25) is 10.0 Å². The molecule has 0 saturated carbocycles. The third-order valence-electron chi connectivity index (χ3n) is 2.80. The number of sulfonamides is 1. The highest BCUT2D eigenvalue weighted by atomic mass is 35.5. The van der Waals surface area contributed by atoms with Crippen molar-refractivity contribution in [1.82, 2.24) is 4.72 Å². The Morgan fingerprint density at radius 2 is 1.86 bits per heavy atom. The number of nitriles is 1. The molecule has 7 heteroatoms. The third kappa shape index (κ3) is 3.73. The average Bonchev–Trinajstić information content (AvgIpc) is 2.47. The summed E-state index contributed by atoms with van der Waals surface area (Å²) < 4.78 is 26.9. The second-order valence-electron chi connectivity index (χ2n) is 4.32. The van der Waals surface area contributed by atoms with Crippen molar-refractivity contribution in [2.45, 2.75) is 11.4 Å². The highest BCUT2D eigenvalue weighted by Gasteiger charge is 2.18. The van der Waals surface area contributed by atoms with E-state index in [1.807, 2.05) is 6.07 Å². The van der Waals surface area contributed by atoms with Crippen molar-refractivity contribution in [3.05, 3.63) is 58.6 Å². The summed E-state index contributed by atoms with van der Waals surface area (Å²) in [6, 6.07) is 12.8. The first-order valence-electron chi connectivity index (χ1n) is 5.96. The molecule has 0 atom stereocenters. The Labute approximate surface area is 128 Å². The van der Waals surface area contributed by atoms with E-state index >= 15 is 0 Å². The number of rotatable bonds is 4. The number of benzene rings is 2. The summed E-state index contributed by atoms with van der Waals surface area (Å²) in [5.41, 5.74) is 7.16. The largest absolute Gasteiger partial charge is 0.399 e. The zero-order valence-corrected chi connectivity index (χ0v) is 12.4. The van der Waals surface area contributed by atoms with E-state index in [0.29, 0.717) is 5.69 Å². The molecule has 21 heavy (non-hydrogen) atoms. The van der Waals surface area contributed by atoms with Crippen molar-refractivity contribution in [3.8, 4) is 6.07 Å². The molecule has 0 aromatic heterocycles. The second-order valence-corrected chi connectivity index (χ2v) is 6.47. The van der Waals surface area contributed by atoms with Gasteiger partial charge in [-0.1, -0.05) is 23.7 Å². The minimum absolute atomic E-state index is 0.0683. The molecule has 0 saturated heterocycles. The van der Waals surface area contributed by atoms with Crippen molar-refractivity contribution < 1.29 is 8.42 Å². The van der Waals surface area contributed by atoms with Crippen molar-refractivity contribution in [1.29, 1.82) is 5.26 Å². The number of anilines is 1. The molecular formula is C14H12ClN3O2S. The van der Waals surface area contributed by atoms with Crippen LogP contribution >= 0.6 is 11.6 Å². The molecule has 0 unspecified atom stereocenters. The quantitative estimate of drug-likeness (QED) is 0.844. The average molecular weight is 322 g/mol. The van der Waals surface area contributed by atoms with Crippen molar-refractivity contribution in [2.24, 2.45) is 0 Å². The molecule has 0 bridgehead atoms. The number of hydrogen-bond donors (Lipinski definition) is 2. The number of nitrogens with zero attached hydrogens (tertiary/aromatic N) is 1. The van der Waals surface area contributed by atoms with Gasteiger partial charge in [0.15, 0.2) is 0 Å². The summed E-state index contributed by atoms with van der Waals surface area (Å²) >= 11 is 5.90. The van der Waals surface area contributed by atoms with E-state index in [-0.39, 0.29) is 22.0 Å². The van der Waals surface area contributed by atoms with E-state index in [9.17, 15) is 8.42 Å². The van der Waals surface area contributed by atoms with Gasteiger partial charge in [0.1, 0.15) is 4.90 Å². The van der Waals surface area contributed by atoms with Crippen molar-refractivity contribution in [2.75, 3.05) is 5.73 Å². The summed E-state index contributed by atoms with van der Waals surface area (Å²) in [4.78, 5) is -0.112. The molecule has 0 fully saturated rings. The van der Waals surface area contributed by atoms with Gasteiger partial charge in [-0.15, -0.1) is 0 Å². The van der Waals surface area contributed by atoms with Crippen LogP contribution in [0.15, 0.2) is 47.4 Å². The molecule has 0 spiro atoms. The molecule has 0 aliphatic rings. The zero-order chi connectivity index (χ0) is 15.5. The fraction of sp³-hybridized carbons (Fsp3) is 0.0714. The maximum Gasteiger partial charge on any atom is 0.242 e. The standard InChI is InChI=1S/C14H12ClN3O2S/c15-13-6-3-11(8-16)7-14(13)21(19,20)18-9-10-1-4-12(17)5-2-10/h1-7,18H,9,17H2. The lowest BCUT2D eigenvalue weighted by atomic mass is 10.2. The Morgan fingerprint density at radius 1 is 1.19 bits per heavy atom. The lowest BCUT2D eigenvalue weighted by Crippen LogP contribution is -2.23. The number of nitrogen functional groups attached to an aromatic ring is 1. The minimum atomic E-state index is -3.80. The molecule has 0 amide bonds. The van der Waals surface area contributed by atoms with Crippen LogP contribution in [0, 0.1) is 11.3 Å². The van der Waals surface area contributed by atoms with Gasteiger partial charge in [-0.2, -0.15) is 5.26 Å². The molecule has 0 aliphatic carbocycles. The van der Waals surface area contributed by atoms with Gasteiger partial charge >= 0.3 is 0 Å². The van der Waals surface area contributed by atoms with Gasteiger partial charge in [0.05, 0.1) is 16.7 Å². The van der Waals surface area contributed by atoms with E-state index in [0.717, 1.165) is 5.56 Å². The van der Waals surface area contributed by atoms with E-state index < -0.39 is 10.0 Å². The van der Waals surface area contributed by atoms with Crippen LogP contribution in [0.3, 0.4) is 0 Å². The molecule has 0 heterocycles. The summed E-state index contributed by atoms with van der Waals surface area (Å²) in [6.45, 7) is 0.107. The highest BCUT2D eigenvalue weighted by Crippen LogP contribution is 2.22. The number of hydrogen-bond acceptors (Lipinski definition) is 4. The molecule has 108 valence electrons. The molecule has 0 aliphatic heterocycles. The van der Waals surface area contributed by atoms with Crippen LogP contribution in [0.2, 0.25) is 5.02 Å². The smallest absolute Gasteiger partial charge is 0.242 e. The van der Waals surface area contributed by atoms with Gasteiger partial charge in [-0.05, 0) is 35.9 Å². The maximum absolute atomic E-state index is 12.2. The number of halogens is 1. The molecule has 3 N–H and O–H groups in total. The van der Waals surface area contributed by atoms with Crippen LogP contribution in [-0.2, 0) is 16.6 Å². The summed E-state index contributed by atoms with van der Waals surface area (Å²) in [7, 11) is -3.80. The summed E-state index contributed by atoms with van der Waals surface area (Å²) in [5.74, 6) is 0. The van der Waals surface area contributed by atoms with Crippen LogP contribution in [-0.4, -0.2) is 8.42 Å². The Kier molecular flexibility index (Phi) is 4.48. The first-order valence-corrected chi connectivity index (χ1v) is 7.82. The van der Waals surface area contributed by atoms with E-state index in [1.165, 1.54) is 18.2 Å². The summed E-state index contributed by atoms with van der Waals surface area (Å²) in [6.07, 6.45) is 0. The maximum atomic E-state index is 12.2. The monoisotopic (exact) mass is 321 g/mol. The van der Waals surface area contributed by atoms with Crippen molar-refractivity contribution >= 4 is 27.3 Å². The molecule has 2 rings (SSSR count). The van der Waals surface area contributed by atoms with Crippen LogP contribution in [0.1, 0.15) is 11.1 Å². The molecule has 2 aromatic rings. The fourth-order valence-corrected chi connectivity index (χ4v) is 3.21. The first-order chi connectivity index (χ1) is 9.92. The van der Waals surface area contributed by atoms with Crippen LogP contribution < -0.4 is 10.5 Å². The second kappa shape index (κ2) is 6.14. The Hall–Kier alpha value is -2.07. The molecule has 5 nitrogen and oxygen atoms in total.